The van der Waals surface area contributed by atoms with Crippen LogP contribution in [0.25, 0.3) is 0 Å². The Morgan fingerprint density at radius 3 is 2.30 bits per heavy atom. The molecular weight excluding hydrogens is 368 g/mol. The Balaban J connectivity index is 2.18. The molecule has 0 heterocycles. The number of carbonyl (C=O) groups is 2. The molecule has 2 amide bonds. The zero-order valence-electron chi connectivity index (χ0n) is 14.8. The molecule has 2 aromatic rings. The third-order valence-corrected chi connectivity index (χ3v) is 4.58. The van der Waals surface area contributed by atoms with Gasteiger partial charge in [-0.3, -0.25) is 13.9 Å². The van der Waals surface area contributed by atoms with Crippen molar-refractivity contribution in [2.24, 2.45) is 0 Å². The van der Waals surface area contributed by atoms with Crippen molar-refractivity contribution in [3.8, 4) is 6.07 Å². The van der Waals surface area contributed by atoms with E-state index in [1.54, 1.807) is 30.3 Å². The fraction of sp³-hybridized carbons (Fsp3) is 0.167. The third kappa shape index (κ3) is 5.83. The summed E-state index contributed by atoms with van der Waals surface area (Å²) in [4.78, 5) is 23.4. The first-order valence-corrected chi connectivity index (χ1v) is 9.69. The molecule has 2 rings (SSSR count). The quantitative estimate of drug-likeness (QED) is 0.786. The molecule has 27 heavy (non-hydrogen) atoms. The van der Waals surface area contributed by atoms with E-state index >= 15 is 0 Å². The van der Waals surface area contributed by atoms with E-state index in [0.717, 1.165) is 10.6 Å². The van der Waals surface area contributed by atoms with Crippen molar-refractivity contribution < 1.29 is 18.0 Å². The van der Waals surface area contributed by atoms with Crippen molar-refractivity contribution in [3.63, 3.8) is 0 Å². The lowest BCUT2D eigenvalue weighted by molar-refractivity contribution is -0.115. The van der Waals surface area contributed by atoms with E-state index in [-0.39, 0.29) is 11.6 Å². The number of rotatable bonds is 6. The highest BCUT2D eigenvalue weighted by Crippen LogP contribution is 2.20. The predicted molar refractivity (Wildman–Crippen MR) is 103 cm³/mol. The van der Waals surface area contributed by atoms with E-state index in [2.05, 4.69) is 10.6 Å². The zero-order chi connectivity index (χ0) is 20.0. The van der Waals surface area contributed by atoms with Crippen LogP contribution >= 0.6 is 0 Å². The molecule has 0 aliphatic heterocycles. The van der Waals surface area contributed by atoms with Gasteiger partial charge < -0.3 is 10.6 Å². The fourth-order valence-electron chi connectivity index (χ4n) is 2.31. The molecule has 0 saturated heterocycles. The van der Waals surface area contributed by atoms with Crippen molar-refractivity contribution in [2.45, 2.75) is 6.92 Å². The molecule has 0 aliphatic rings. The monoisotopic (exact) mass is 386 g/mol. The summed E-state index contributed by atoms with van der Waals surface area (Å²) in [5, 5.41) is 14.1. The van der Waals surface area contributed by atoms with Crippen LogP contribution in [0, 0.1) is 11.3 Å². The molecular formula is C18H18N4O4S. The maximum absolute atomic E-state index is 12.3. The summed E-state index contributed by atoms with van der Waals surface area (Å²) in [6.45, 7) is 0.928. The van der Waals surface area contributed by atoms with E-state index in [9.17, 15) is 18.0 Å². The van der Waals surface area contributed by atoms with Gasteiger partial charge in [0.05, 0.1) is 23.6 Å². The number of sulfonamides is 1. The first-order valence-electron chi connectivity index (χ1n) is 7.84. The van der Waals surface area contributed by atoms with Gasteiger partial charge in [0.1, 0.15) is 6.54 Å². The van der Waals surface area contributed by atoms with Crippen LogP contribution in [0.4, 0.5) is 17.1 Å². The van der Waals surface area contributed by atoms with Crippen LogP contribution in [0.5, 0.6) is 0 Å². The molecule has 0 spiro atoms. The predicted octanol–water partition coefficient (Wildman–Crippen LogP) is 1.92. The lowest BCUT2D eigenvalue weighted by Crippen LogP contribution is -2.37. The number of hydrogen-bond donors (Lipinski definition) is 2. The second kappa shape index (κ2) is 8.33. The largest absolute Gasteiger partial charge is 0.326 e. The van der Waals surface area contributed by atoms with Crippen LogP contribution in [-0.2, 0) is 19.6 Å². The summed E-state index contributed by atoms with van der Waals surface area (Å²) < 4.78 is 25.2. The molecule has 0 saturated carbocycles. The SMILES string of the molecule is CC(=O)Nc1ccc(N(CC(=O)Nc2cccc(C#N)c2)S(C)(=O)=O)cc1. The van der Waals surface area contributed by atoms with E-state index in [1.165, 1.54) is 25.1 Å². The Kier molecular flexibility index (Phi) is 6.15. The summed E-state index contributed by atoms with van der Waals surface area (Å²) in [7, 11) is -3.72. The number of amides is 2. The molecule has 0 aromatic heterocycles. The van der Waals surface area contributed by atoms with Crippen LogP contribution in [-0.4, -0.2) is 33.0 Å². The Hall–Kier alpha value is -3.38. The van der Waals surface area contributed by atoms with Gasteiger partial charge in [0.15, 0.2) is 0 Å². The van der Waals surface area contributed by atoms with Crippen LogP contribution in [0.1, 0.15) is 12.5 Å². The molecule has 8 nitrogen and oxygen atoms in total. The Bertz CT molecular complexity index is 995. The van der Waals surface area contributed by atoms with E-state index in [4.69, 9.17) is 5.26 Å². The molecule has 0 unspecified atom stereocenters. The molecule has 2 aromatic carbocycles. The van der Waals surface area contributed by atoms with Gasteiger partial charge in [-0.25, -0.2) is 8.42 Å². The number of carbonyl (C=O) groups excluding carboxylic acids is 2. The number of benzene rings is 2. The lowest BCUT2D eigenvalue weighted by atomic mass is 10.2. The van der Waals surface area contributed by atoms with Crippen molar-refractivity contribution in [3.05, 3.63) is 54.1 Å². The van der Waals surface area contributed by atoms with Gasteiger partial charge in [0.25, 0.3) is 0 Å². The van der Waals surface area contributed by atoms with Gasteiger partial charge in [-0.2, -0.15) is 5.26 Å². The Morgan fingerprint density at radius 2 is 1.74 bits per heavy atom. The Labute approximate surface area is 157 Å². The maximum Gasteiger partial charge on any atom is 0.245 e. The summed E-state index contributed by atoms with van der Waals surface area (Å²) in [6.07, 6.45) is 0.998. The standard InChI is InChI=1S/C18H18N4O4S/c1-13(23)20-15-6-8-17(9-7-15)22(27(2,25)26)12-18(24)21-16-5-3-4-14(10-16)11-19/h3-10H,12H2,1-2H3,(H,20,23)(H,21,24). The fourth-order valence-corrected chi connectivity index (χ4v) is 3.17. The molecule has 0 bridgehead atoms. The molecule has 140 valence electrons. The number of anilines is 3. The third-order valence-electron chi connectivity index (χ3n) is 3.44. The first-order chi connectivity index (χ1) is 12.7. The topological polar surface area (TPSA) is 119 Å². The average molecular weight is 386 g/mol. The second-order valence-corrected chi connectivity index (χ2v) is 7.65. The van der Waals surface area contributed by atoms with Gasteiger partial charge in [0.2, 0.25) is 21.8 Å². The van der Waals surface area contributed by atoms with Crippen LogP contribution < -0.4 is 14.9 Å². The van der Waals surface area contributed by atoms with Crippen molar-refractivity contribution >= 4 is 38.9 Å². The van der Waals surface area contributed by atoms with Gasteiger partial charge >= 0.3 is 0 Å². The van der Waals surface area contributed by atoms with Gasteiger partial charge in [0, 0.05) is 18.3 Å². The zero-order valence-corrected chi connectivity index (χ0v) is 15.6. The van der Waals surface area contributed by atoms with E-state index in [1.807, 2.05) is 6.07 Å². The van der Waals surface area contributed by atoms with Crippen molar-refractivity contribution in [2.75, 3.05) is 27.7 Å². The molecule has 0 radical (unpaired) electrons. The van der Waals surface area contributed by atoms with E-state index in [0.29, 0.717) is 16.9 Å². The van der Waals surface area contributed by atoms with E-state index < -0.39 is 22.5 Å². The summed E-state index contributed by atoms with van der Waals surface area (Å²) in [6, 6.07) is 14.3. The van der Waals surface area contributed by atoms with Crippen molar-refractivity contribution in [1.29, 1.82) is 5.26 Å². The highest BCUT2D eigenvalue weighted by Gasteiger charge is 2.21. The molecule has 2 N–H and O–H groups in total. The second-order valence-electron chi connectivity index (χ2n) is 5.74. The minimum Gasteiger partial charge on any atom is -0.326 e. The normalized spacial score (nSPS) is 10.6. The van der Waals surface area contributed by atoms with Crippen molar-refractivity contribution in [1.82, 2.24) is 0 Å². The maximum atomic E-state index is 12.3. The van der Waals surface area contributed by atoms with Gasteiger partial charge in [-0.15, -0.1) is 0 Å². The minimum absolute atomic E-state index is 0.248. The first kappa shape index (κ1) is 19.9. The summed E-state index contributed by atoms with van der Waals surface area (Å²) >= 11 is 0. The highest BCUT2D eigenvalue weighted by molar-refractivity contribution is 7.92. The lowest BCUT2D eigenvalue weighted by Gasteiger charge is -2.22. The number of hydrogen-bond acceptors (Lipinski definition) is 5. The summed E-state index contributed by atoms with van der Waals surface area (Å²) in [5.74, 6) is -0.803. The smallest absolute Gasteiger partial charge is 0.245 e. The molecule has 0 atom stereocenters. The average Bonchev–Trinajstić information content (AvgIpc) is 2.59. The van der Waals surface area contributed by atoms with Gasteiger partial charge in [-0.1, -0.05) is 6.07 Å². The van der Waals surface area contributed by atoms with Crippen LogP contribution in [0.3, 0.4) is 0 Å². The highest BCUT2D eigenvalue weighted by atomic mass is 32.2. The molecule has 0 aliphatic carbocycles. The minimum atomic E-state index is -3.72. The number of nitrogens with one attached hydrogen (secondary N) is 2. The summed E-state index contributed by atoms with van der Waals surface area (Å²) in [5.41, 5.74) is 1.57. The van der Waals surface area contributed by atoms with Gasteiger partial charge in [-0.05, 0) is 42.5 Å². The Morgan fingerprint density at radius 1 is 1.07 bits per heavy atom. The molecule has 9 heteroatoms. The van der Waals surface area contributed by atoms with Crippen LogP contribution in [0.15, 0.2) is 48.5 Å². The van der Waals surface area contributed by atoms with Crippen LogP contribution in [0.2, 0.25) is 0 Å². The molecule has 0 fully saturated rings. The number of nitrogens with zero attached hydrogens (tertiary/aromatic N) is 2. The number of nitriles is 1.